The summed E-state index contributed by atoms with van der Waals surface area (Å²) in [5.74, 6) is 0. The third kappa shape index (κ3) is 4.40. The van der Waals surface area contributed by atoms with Crippen LogP contribution in [0.25, 0.3) is 0 Å². The van der Waals surface area contributed by atoms with E-state index < -0.39 is 0 Å². The maximum absolute atomic E-state index is 5.89. The lowest BCUT2D eigenvalue weighted by molar-refractivity contribution is -0.0969. The van der Waals surface area contributed by atoms with Gasteiger partial charge in [0.2, 0.25) is 0 Å². The summed E-state index contributed by atoms with van der Waals surface area (Å²) < 4.78 is 5.73. The van der Waals surface area contributed by atoms with Crippen molar-refractivity contribution in [3.8, 4) is 0 Å². The van der Waals surface area contributed by atoms with Gasteiger partial charge in [-0.3, -0.25) is 4.90 Å². The van der Waals surface area contributed by atoms with Crippen LogP contribution >= 0.6 is 0 Å². The summed E-state index contributed by atoms with van der Waals surface area (Å²) in [6.07, 6.45) is 5.15. The molecule has 3 heteroatoms. The van der Waals surface area contributed by atoms with Gasteiger partial charge >= 0.3 is 0 Å². The predicted molar refractivity (Wildman–Crippen MR) is 68.6 cm³/mol. The second-order valence-electron chi connectivity index (χ2n) is 5.46. The number of nitrogens with two attached hydrogens (primary N) is 1. The summed E-state index contributed by atoms with van der Waals surface area (Å²) >= 11 is 0. The largest absolute Gasteiger partial charge is 0.373 e. The first-order valence-electron chi connectivity index (χ1n) is 6.67. The fraction of sp³-hybridized carbons (Fsp3) is 1.00. The van der Waals surface area contributed by atoms with Crippen molar-refractivity contribution in [1.29, 1.82) is 0 Å². The first kappa shape index (κ1) is 13.9. The van der Waals surface area contributed by atoms with E-state index in [9.17, 15) is 0 Å². The van der Waals surface area contributed by atoms with Crippen molar-refractivity contribution in [3.05, 3.63) is 0 Å². The summed E-state index contributed by atoms with van der Waals surface area (Å²) in [5, 5.41) is 0. The van der Waals surface area contributed by atoms with Crippen LogP contribution in [0.15, 0.2) is 0 Å². The van der Waals surface area contributed by atoms with Crippen LogP contribution in [0.1, 0.15) is 46.5 Å². The van der Waals surface area contributed by atoms with Crippen molar-refractivity contribution >= 4 is 0 Å². The van der Waals surface area contributed by atoms with E-state index in [1.54, 1.807) is 0 Å². The molecule has 96 valence electrons. The number of nitrogens with zero attached hydrogens (tertiary/aromatic N) is 1. The monoisotopic (exact) mass is 228 g/mol. The molecule has 0 radical (unpaired) electrons. The Morgan fingerprint density at radius 3 is 2.69 bits per heavy atom. The number of ether oxygens (including phenoxy) is 1. The van der Waals surface area contributed by atoms with Gasteiger partial charge in [0.15, 0.2) is 0 Å². The van der Waals surface area contributed by atoms with Gasteiger partial charge in [-0.25, -0.2) is 0 Å². The number of rotatable bonds is 6. The number of hydrogen-bond acceptors (Lipinski definition) is 3. The van der Waals surface area contributed by atoms with Gasteiger partial charge in [0, 0.05) is 25.7 Å². The average molecular weight is 228 g/mol. The van der Waals surface area contributed by atoms with E-state index in [1.165, 1.54) is 25.7 Å². The smallest absolute Gasteiger partial charge is 0.0753 e. The van der Waals surface area contributed by atoms with E-state index in [2.05, 4.69) is 25.7 Å². The van der Waals surface area contributed by atoms with Crippen LogP contribution in [-0.4, -0.2) is 42.8 Å². The van der Waals surface area contributed by atoms with E-state index >= 15 is 0 Å². The topological polar surface area (TPSA) is 38.5 Å². The molecular formula is C13H28N2O. The molecule has 2 N–H and O–H groups in total. The third-order valence-electron chi connectivity index (χ3n) is 3.38. The minimum absolute atomic E-state index is 0.00355. The zero-order chi connectivity index (χ0) is 12.0. The van der Waals surface area contributed by atoms with Gasteiger partial charge in [0.25, 0.3) is 0 Å². The average Bonchev–Trinajstić information content (AvgIpc) is 2.23. The second kappa shape index (κ2) is 6.58. The van der Waals surface area contributed by atoms with Crippen LogP contribution < -0.4 is 5.73 Å². The van der Waals surface area contributed by atoms with Crippen molar-refractivity contribution in [2.75, 3.05) is 26.2 Å². The Labute approximate surface area is 100 Å². The number of morpholine rings is 1. The van der Waals surface area contributed by atoms with Crippen molar-refractivity contribution in [2.24, 2.45) is 5.73 Å². The summed E-state index contributed by atoms with van der Waals surface area (Å²) in [5.41, 5.74) is 5.89. The summed E-state index contributed by atoms with van der Waals surface area (Å²) in [6, 6.07) is 0.551. The fourth-order valence-electron chi connectivity index (χ4n) is 2.44. The molecule has 1 atom stereocenters. The molecule has 0 aromatic heterocycles. The maximum Gasteiger partial charge on any atom is 0.0753 e. The quantitative estimate of drug-likeness (QED) is 0.707. The van der Waals surface area contributed by atoms with Crippen LogP contribution in [0.4, 0.5) is 0 Å². The van der Waals surface area contributed by atoms with Crippen LogP contribution in [0.2, 0.25) is 0 Å². The highest BCUT2D eigenvalue weighted by Crippen LogP contribution is 2.20. The number of hydrogen-bond donors (Lipinski definition) is 1. The molecule has 0 spiro atoms. The highest BCUT2D eigenvalue weighted by atomic mass is 16.5. The predicted octanol–water partition coefficient (Wildman–Crippen LogP) is 2.00. The highest BCUT2D eigenvalue weighted by Gasteiger charge is 2.30. The van der Waals surface area contributed by atoms with E-state index in [4.69, 9.17) is 10.5 Å². The van der Waals surface area contributed by atoms with Crippen molar-refractivity contribution in [3.63, 3.8) is 0 Å². The SMILES string of the molecule is CCCCCC(CN)N1CCOC(C)(C)C1. The minimum Gasteiger partial charge on any atom is -0.373 e. The lowest BCUT2D eigenvalue weighted by Gasteiger charge is -2.42. The Hall–Kier alpha value is -0.120. The van der Waals surface area contributed by atoms with Crippen LogP contribution in [0.5, 0.6) is 0 Å². The van der Waals surface area contributed by atoms with Gasteiger partial charge in [0.1, 0.15) is 0 Å². The van der Waals surface area contributed by atoms with Crippen molar-refractivity contribution in [2.45, 2.75) is 58.1 Å². The Kier molecular flexibility index (Phi) is 5.73. The Morgan fingerprint density at radius 2 is 2.12 bits per heavy atom. The molecule has 1 aliphatic heterocycles. The van der Waals surface area contributed by atoms with Crippen molar-refractivity contribution < 1.29 is 4.74 Å². The van der Waals surface area contributed by atoms with Crippen LogP contribution in [0.3, 0.4) is 0 Å². The normalized spacial score (nSPS) is 23.2. The molecule has 0 amide bonds. The van der Waals surface area contributed by atoms with Crippen LogP contribution in [-0.2, 0) is 4.74 Å². The standard InChI is InChI=1S/C13H28N2O/c1-4-5-6-7-12(10-14)15-8-9-16-13(2,3)11-15/h12H,4-11,14H2,1-3H3. The molecule has 0 aromatic rings. The summed E-state index contributed by atoms with van der Waals surface area (Å²) in [6.45, 7) is 10.3. The van der Waals surface area contributed by atoms with E-state index in [-0.39, 0.29) is 5.60 Å². The molecule has 0 aliphatic carbocycles. The van der Waals surface area contributed by atoms with E-state index in [1.807, 2.05) is 0 Å². The second-order valence-corrected chi connectivity index (χ2v) is 5.46. The van der Waals surface area contributed by atoms with Gasteiger partial charge in [-0.1, -0.05) is 26.2 Å². The highest BCUT2D eigenvalue weighted by molar-refractivity contribution is 4.84. The fourth-order valence-corrected chi connectivity index (χ4v) is 2.44. The first-order valence-corrected chi connectivity index (χ1v) is 6.67. The van der Waals surface area contributed by atoms with E-state index in [0.717, 1.165) is 26.2 Å². The molecule has 16 heavy (non-hydrogen) atoms. The zero-order valence-corrected chi connectivity index (χ0v) is 11.2. The van der Waals surface area contributed by atoms with Crippen LogP contribution in [0, 0.1) is 0 Å². The Morgan fingerprint density at radius 1 is 1.38 bits per heavy atom. The van der Waals surface area contributed by atoms with Gasteiger partial charge < -0.3 is 10.5 Å². The molecule has 1 unspecified atom stereocenters. The third-order valence-corrected chi connectivity index (χ3v) is 3.38. The molecule has 1 heterocycles. The maximum atomic E-state index is 5.89. The molecule has 1 aliphatic rings. The van der Waals surface area contributed by atoms with Crippen molar-refractivity contribution in [1.82, 2.24) is 4.90 Å². The lowest BCUT2D eigenvalue weighted by Crippen LogP contribution is -2.54. The molecule has 0 aromatic carbocycles. The van der Waals surface area contributed by atoms with Gasteiger partial charge in [-0.2, -0.15) is 0 Å². The van der Waals surface area contributed by atoms with Gasteiger partial charge in [-0.15, -0.1) is 0 Å². The molecule has 0 saturated carbocycles. The molecule has 3 nitrogen and oxygen atoms in total. The zero-order valence-electron chi connectivity index (χ0n) is 11.2. The lowest BCUT2D eigenvalue weighted by atomic mass is 10.0. The van der Waals surface area contributed by atoms with Gasteiger partial charge in [-0.05, 0) is 20.3 Å². The molecule has 1 rings (SSSR count). The molecule has 1 fully saturated rings. The number of unbranched alkanes of at least 4 members (excludes halogenated alkanes) is 2. The molecule has 1 saturated heterocycles. The van der Waals surface area contributed by atoms with Gasteiger partial charge in [0.05, 0.1) is 12.2 Å². The molecule has 0 bridgehead atoms. The first-order chi connectivity index (χ1) is 7.59. The Bertz CT molecular complexity index is 194. The summed E-state index contributed by atoms with van der Waals surface area (Å²) in [7, 11) is 0. The minimum atomic E-state index is -0.00355. The summed E-state index contributed by atoms with van der Waals surface area (Å²) in [4.78, 5) is 2.51. The Balaban J connectivity index is 2.39. The van der Waals surface area contributed by atoms with E-state index in [0.29, 0.717) is 6.04 Å². The molecular weight excluding hydrogens is 200 g/mol.